The van der Waals surface area contributed by atoms with Gasteiger partial charge in [0.1, 0.15) is 23.2 Å². The van der Waals surface area contributed by atoms with Crippen LogP contribution in [-0.4, -0.2) is 47.7 Å². The van der Waals surface area contributed by atoms with Crippen LogP contribution in [0.3, 0.4) is 0 Å². The molecular formula is C25H25Cl2N3O5. The van der Waals surface area contributed by atoms with E-state index >= 15 is 0 Å². The molecular weight excluding hydrogens is 493 g/mol. The number of aliphatic hydroxyl groups is 1. The second-order valence-corrected chi connectivity index (χ2v) is 9.90. The summed E-state index contributed by atoms with van der Waals surface area (Å²) in [5.41, 5.74) is 1.03. The Morgan fingerprint density at radius 2 is 2.00 bits per heavy atom. The third-order valence-corrected chi connectivity index (χ3v) is 6.88. The molecule has 1 aliphatic carbocycles. The van der Waals surface area contributed by atoms with Gasteiger partial charge in [0.25, 0.3) is 5.91 Å². The predicted octanol–water partition coefficient (Wildman–Crippen LogP) is 5.01. The van der Waals surface area contributed by atoms with Gasteiger partial charge in [-0.15, -0.1) is 4.91 Å². The Hall–Kier alpha value is -2.65. The molecule has 3 aromatic rings. The van der Waals surface area contributed by atoms with Gasteiger partial charge < -0.3 is 24.5 Å². The maximum Gasteiger partial charge on any atom is 0.256 e. The SMILES string of the molecule is O=NC(C(=O)NC(CN1CCC1)C(O)c1ccc(OC2CC2)c(Cl)c1)c1cc2cc(Cl)ccc2o1. The first kappa shape index (κ1) is 24.1. The largest absolute Gasteiger partial charge is 0.489 e. The van der Waals surface area contributed by atoms with Crippen LogP contribution in [0.25, 0.3) is 11.0 Å². The number of likely N-dealkylation sites (tertiary alicyclic amines) is 1. The van der Waals surface area contributed by atoms with E-state index in [0.717, 1.165) is 32.4 Å². The van der Waals surface area contributed by atoms with Crippen molar-refractivity contribution in [3.63, 3.8) is 0 Å². The Morgan fingerprint density at radius 1 is 1.20 bits per heavy atom. The molecule has 2 aliphatic rings. The second-order valence-electron chi connectivity index (χ2n) is 9.06. The highest BCUT2D eigenvalue weighted by molar-refractivity contribution is 6.32. The van der Waals surface area contributed by atoms with Crippen LogP contribution < -0.4 is 10.1 Å². The van der Waals surface area contributed by atoms with E-state index in [9.17, 15) is 14.8 Å². The summed E-state index contributed by atoms with van der Waals surface area (Å²) in [5, 5.41) is 18.6. The molecule has 3 unspecified atom stereocenters. The van der Waals surface area contributed by atoms with Crippen LogP contribution in [0.4, 0.5) is 0 Å². The molecule has 0 bridgehead atoms. The molecule has 35 heavy (non-hydrogen) atoms. The zero-order chi connectivity index (χ0) is 24.5. The lowest BCUT2D eigenvalue weighted by atomic mass is 9.99. The van der Waals surface area contributed by atoms with Gasteiger partial charge in [0.05, 0.1) is 17.2 Å². The maximum atomic E-state index is 13.1. The molecule has 0 spiro atoms. The Bertz CT molecular complexity index is 1240. The van der Waals surface area contributed by atoms with E-state index in [1.807, 2.05) is 0 Å². The van der Waals surface area contributed by atoms with Crippen molar-refractivity contribution in [2.24, 2.45) is 5.18 Å². The number of amides is 1. The molecule has 8 nitrogen and oxygen atoms in total. The fraction of sp³-hybridized carbons (Fsp3) is 0.400. The van der Waals surface area contributed by atoms with Crippen molar-refractivity contribution >= 4 is 40.1 Å². The van der Waals surface area contributed by atoms with Crippen molar-refractivity contribution in [2.45, 2.75) is 43.6 Å². The van der Waals surface area contributed by atoms with E-state index in [1.165, 1.54) is 0 Å². The van der Waals surface area contributed by atoms with Gasteiger partial charge >= 0.3 is 0 Å². The van der Waals surface area contributed by atoms with Gasteiger partial charge in [-0.05, 0) is 79.5 Å². The average molecular weight is 518 g/mol. The predicted molar refractivity (Wildman–Crippen MR) is 133 cm³/mol. The summed E-state index contributed by atoms with van der Waals surface area (Å²) in [6.07, 6.45) is 2.21. The van der Waals surface area contributed by atoms with Gasteiger partial charge in [-0.1, -0.05) is 29.3 Å². The number of benzene rings is 2. The highest BCUT2D eigenvalue weighted by Gasteiger charge is 2.33. The minimum absolute atomic E-state index is 0.108. The van der Waals surface area contributed by atoms with Crippen molar-refractivity contribution in [2.75, 3.05) is 19.6 Å². The number of nitrogens with one attached hydrogen (secondary N) is 1. The number of rotatable bonds is 10. The van der Waals surface area contributed by atoms with Gasteiger partial charge in [-0.3, -0.25) is 4.79 Å². The van der Waals surface area contributed by atoms with Crippen LogP contribution >= 0.6 is 23.2 Å². The lowest BCUT2D eigenvalue weighted by molar-refractivity contribution is -0.124. The number of ether oxygens (including phenoxy) is 1. The van der Waals surface area contributed by atoms with Crippen molar-refractivity contribution in [3.05, 3.63) is 68.7 Å². The van der Waals surface area contributed by atoms with Gasteiger partial charge in [-0.2, -0.15) is 0 Å². The molecule has 1 amide bonds. The van der Waals surface area contributed by atoms with E-state index in [0.29, 0.717) is 38.9 Å². The summed E-state index contributed by atoms with van der Waals surface area (Å²) in [6, 6.07) is 9.59. The molecule has 2 aromatic carbocycles. The second kappa shape index (κ2) is 10.1. The third kappa shape index (κ3) is 5.46. The molecule has 1 saturated carbocycles. The molecule has 1 aliphatic heterocycles. The first-order valence-electron chi connectivity index (χ1n) is 11.6. The van der Waals surface area contributed by atoms with Gasteiger partial charge in [0.2, 0.25) is 6.04 Å². The first-order chi connectivity index (χ1) is 16.9. The van der Waals surface area contributed by atoms with Gasteiger partial charge in [0, 0.05) is 17.0 Å². The number of carbonyl (C=O) groups excluding carboxylic acids is 1. The van der Waals surface area contributed by atoms with E-state index in [4.69, 9.17) is 32.4 Å². The summed E-state index contributed by atoms with van der Waals surface area (Å²) in [7, 11) is 0. The van der Waals surface area contributed by atoms with Gasteiger partial charge in [0.15, 0.2) is 0 Å². The monoisotopic (exact) mass is 517 g/mol. The average Bonchev–Trinajstić information content (AvgIpc) is 3.53. The molecule has 184 valence electrons. The van der Waals surface area contributed by atoms with Crippen LogP contribution in [0.2, 0.25) is 10.0 Å². The smallest absolute Gasteiger partial charge is 0.256 e. The minimum Gasteiger partial charge on any atom is -0.489 e. The van der Waals surface area contributed by atoms with E-state index < -0.39 is 24.1 Å². The zero-order valence-electron chi connectivity index (χ0n) is 18.8. The molecule has 2 heterocycles. The molecule has 5 rings (SSSR count). The zero-order valence-corrected chi connectivity index (χ0v) is 20.3. The van der Waals surface area contributed by atoms with Crippen LogP contribution in [0.15, 0.2) is 52.1 Å². The number of furan rings is 1. The lowest BCUT2D eigenvalue weighted by Gasteiger charge is -2.36. The Labute approximate surface area is 212 Å². The highest BCUT2D eigenvalue weighted by atomic mass is 35.5. The summed E-state index contributed by atoms with van der Waals surface area (Å²) < 4.78 is 11.5. The summed E-state index contributed by atoms with van der Waals surface area (Å²) in [6.45, 7) is 2.15. The van der Waals surface area contributed by atoms with E-state index in [1.54, 1.807) is 42.5 Å². The summed E-state index contributed by atoms with van der Waals surface area (Å²) >= 11 is 12.4. The number of fused-ring (bicyclic) bond motifs is 1. The topological polar surface area (TPSA) is 104 Å². The van der Waals surface area contributed by atoms with Crippen molar-refractivity contribution in [1.82, 2.24) is 10.2 Å². The molecule has 0 radical (unpaired) electrons. The quantitative estimate of drug-likeness (QED) is 0.366. The first-order valence-corrected chi connectivity index (χ1v) is 12.3. The van der Waals surface area contributed by atoms with Crippen LogP contribution in [0, 0.1) is 4.91 Å². The number of halogens is 2. The van der Waals surface area contributed by atoms with Crippen LogP contribution in [0.1, 0.15) is 42.7 Å². The highest BCUT2D eigenvalue weighted by Crippen LogP contribution is 2.34. The van der Waals surface area contributed by atoms with Crippen molar-refractivity contribution < 1.29 is 19.1 Å². The third-order valence-electron chi connectivity index (χ3n) is 6.35. The fourth-order valence-electron chi connectivity index (χ4n) is 4.12. The maximum absolute atomic E-state index is 13.1. The summed E-state index contributed by atoms with van der Waals surface area (Å²) in [5.74, 6) is 0.0229. The van der Waals surface area contributed by atoms with Gasteiger partial charge in [-0.25, -0.2) is 0 Å². The minimum atomic E-state index is -1.41. The Kier molecular flexibility index (Phi) is 6.98. The number of nitroso groups, excluding NO2 is 1. The standard InChI is InChI=1S/C25H25Cl2N3O5/c26-16-3-7-20-15(10-16)12-22(35-20)23(29-33)25(32)28-19(13-30-8-1-9-30)24(31)14-2-6-21(18(27)11-14)34-17-4-5-17/h2-3,6-7,10-12,17,19,23-24,31H,1,4-5,8-9,13H2,(H,28,32). The van der Waals surface area contributed by atoms with Crippen molar-refractivity contribution in [3.8, 4) is 5.75 Å². The molecule has 2 N–H and O–H groups in total. The van der Waals surface area contributed by atoms with Crippen LogP contribution in [-0.2, 0) is 4.79 Å². The Balaban J connectivity index is 1.35. The number of nitrogens with zero attached hydrogens (tertiary/aromatic N) is 2. The molecule has 2 fully saturated rings. The molecule has 3 atom stereocenters. The number of hydrogen-bond acceptors (Lipinski definition) is 7. The van der Waals surface area contributed by atoms with E-state index in [-0.39, 0.29) is 11.9 Å². The fourth-order valence-corrected chi connectivity index (χ4v) is 4.54. The van der Waals surface area contributed by atoms with E-state index in [2.05, 4.69) is 15.4 Å². The number of hydrogen-bond donors (Lipinski definition) is 2. The number of aliphatic hydroxyl groups excluding tert-OH is 1. The molecule has 1 aromatic heterocycles. The lowest BCUT2D eigenvalue weighted by Crippen LogP contribution is -2.51. The molecule has 10 heteroatoms. The van der Waals surface area contributed by atoms with Crippen LogP contribution in [0.5, 0.6) is 5.75 Å². The Morgan fingerprint density at radius 3 is 2.66 bits per heavy atom. The number of carbonyl (C=O) groups is 1. The molecule has 1 saturated heterocycles. The summed E-state index contributed by atoms with van der Waals surface area (Å²) in [4.78, 5) is 26.9. The normalized spacial score (nSPS) is 18.5. The van der Waals surface area contributed by atoms with Crippen molar-refractivity contribution in [1.29, 1.82) is 0 Å².